The van der Waals surface area contributed by atoms with E-state index in [1.54, 1.807) is 17.0 Å². The highest BCUT2D eigenvalue weighted by Gasteiger charge is 2.36. The van der Waals surface area contributed by atoms with Crippen LogP contribution in [0.4, 0.5) is 9.18 Å². The molecule has 0 spiro atoms. The number of likely N-dealkylation sites (N-methyl/N-ethyl adjacent to an activating group) is 1. The maximum Gasteiger partial charge on any atom is 0.410 e. The lowest BCUT2D eigenvalue weighted by molar-refractivity contribution is 0.0137. The summed E-state index contributed by atoms with van der Waals surface area (Å²) in [4.78, 5) is 23.1. The van der Waals surface area contributed by atoms with Gasteiger partial charge in [0.05, 0.1) is 18.6 Å². The highest BCUT2D eigenvalue weighted by atomic mass is 19.1. The van der Waals surface area contributed by atoms with Crippen LogP contribution in [0.2, 0.25) is 0 Å². The normalized spacial score (nSPS) is 20.4. The van der Waals surface area contributed by atoms with Crippen LogP contribution in [0.3, 0.4) is 0 Å². The van der Waals surface area contributed by atoms with Crippen molar-refractivity contribution in [2.45, 2.75) is 38.5 Å². The van der Waals surface area contributed by atoms with Gasteiger partial charge in [-0.25, -0.2) is 9.18 Å². The quantitative estimate of drug-likeness (QED) is 0.833. The van der Waals surface area contributed by atoms with Crippen molar-refractivity contribution in [2.75, 3.05) is 46.8 Å². The van der Waals surface area contributed by atoms with E-state index < -0.39 is 5.60 Å². The molecule has 0 saturated carbocycles. The number of carbonyl (C=O) groups excluding carboxylic acids is 1. The molecule has 1 aromatic carbocycles. The molecule has 29 heavy (non-hydrogen) atoms. The largest absolute Gasteiger partial charge is 0.444 e. The van der Waals surface area contributed by atoms with E-state index in [1.807, 2.05) is 40.9 Å². The second-order valence-electron chi connectivity index (χ2n) is 8.85. The Hall–Kier alpha value is -2.35. The lowest BCUT2D eigenvalue weighted by Crippen LogP contribution is -2.58. The molecule has 1 amide bonds. The first-order valence-corrected chi connectivity index (χ1v) is 10.1. The number of ether oxygens (including phenoxy) is 1. The van der Waals surface area contributed by atoms with Crippen LogP contribution in [0.15, 0.2) is 29.3 Å². The van der Waals surface area contributed by atoms with Gasteiger partial charge in [-0.1, -0.05) is 12.1 Å². The van der Waals surface area contributed by atoms with Gasteiger partial charge in [0.1, 0.15) is 11.4 Å². The number of hydrogen-bond acceptors (Lipinski definition) is 6. The van der Waals surface area contributed by atoms with Gasteiger partial charge < -0.3 is 24.8 Å². The molecule has 2 aliphatic heterocycles. The van der Waals surface area contributed by atoms with Gasteiger partial charge in [0.25, 0.3) is 0 Å². The number of piperazine rings is 1. The van der Waals surface area contributed by atoms with Crippen molar-refractivity contribution < 1.29 is 13.9 Å². The smallest absolute Gasteiger partial charge is 0.410 e. The van der Waals surface area contributed by atoms with E-state index >= 15 is 0 Å². The van der Waals surface area contributed by atoms with Gasteiger partial charge in [-0.15, -0.1) is 0 Å². The minimum atomic E-state index is -0.495. The molecular weight excluding hydrogens is 373 g/mol. The summed E-state index contributed by atoms with van der Waals surface area (Å²) in [5, 5.41) is 3.44. The molecule has 7 nitrogen and oxygen atoms in total. The fourth-order valence-corrected chi connectivity index (χ4v) is 3.72. The molecule has 1 fully saturated rings. The van der Waals surface area contributed by atoms with E-state index in [2.05, 4.69) is 20.1 Å². The van der Waals surface area contributed by atoms with E-state index in [-0.39, 0.29) is 24.0 Å². The van der Waals surface area contributed by atoms with E-state index in [9.17, 15) is 9.18 Å². The van der Waals surface area contributed by atoms with Crippen LogP contribution in [0.25, 0.3) is 0 Å². The Kier molecular flexibility index (Phi) is 6.31. The van der Waals surface area contributed by atoms with Gasteiger partial charge in [0, 0.05) is 26.2 Å². The number of hydrogen-bond donors (Lipinski definition) is 1. The monoisotopic (exact) mass is 405 g/mol. The standard InChI is InChI=1S/C21H32FN5O2/c1-21(2,3)29-20(28)26-9-10-27-17(14-26)12-23-19(27)24-13-18(25(4)5)15-7-6-8-16(22)11-15/h6-8,11,17-18H,9-10,12-14H2,1-5H3,(H,23,24). The zero-order valence-corrected chi connectivity index (χ0v) is 18.0. The third-order valence-corrected chi connectivity index (χ3v) is 5.17. The minimum Gasteiger partial charge on any atom is -0.444 e. The lowest BCUT2D eigenvalue weighted by atomic mass is 10.1. The molecule has 2 atom stereocenters. The summed E-state index contributed by atoms with van der Waals surface area (Å²) in [6.45, 7) is 8.81. The van der Waals surface area contributed by atoms with Crippen molar-refractivity contribution >= 4 is 12.1 Å². The van der Waals surface area contributed by atoms with Gasteiger partial charge in [0.2, 0.25) is 0 Å². The first kappa shape index (κ1) is 21.4. The number of aliphatic imine (C=N–C) groups is 1. The van der Waals surface area contributed by atoms with Gasteiger partial charge in [-0.2, -0.15) is 0 Å². The number of guanidine groups is 1. The molecule has 0 radical (unpaired) electrons. The van der Waals surface area contributed by atoms with E-state index in [1.165, 1.54) is 6.07 Å². The maximum atomic E-state index is 13.6. The first-order chi connectivity index (χ1) is 13.6. The number of nitrogens with one attached hydrogen (secondary N) is 1. The van der Waals surface area contributed by atoms with Crippen LogP contribution in [0.5, 0.6) is 0 Å². The second kappa shape index (κ2) is 8.57. The third kappa shape index (κ3) is 5.38. The van der Waals surface area contributed by atoms with Crippen LogP contribution in [-0.4, -0.2) is 85.2 Å². The summed E-state index contributed by atoms with van der Waals surface area (Å²) in [6, 6.07) is 6.89. The Morgan fingerprint density at radius 2 is 2.14 bits per heavy atom. The van der Waals surface area contributed by atoms with Crippen molar-refractivity contribution in [3.05, 3.63) is 35.6 Å². The molecule has 2 unspecified atom stereocenters. The minimum absolute atomic E-state index is 0.0236. The average molecular weight is 406 g/mol. The average Bonchev–Trinajstić information content (AvgIpc) is 3.02. The number of benzene rings is 1. The Balaban J connectivity index is 1.57. The van der Waals surface area contributed by atoms with E-state index in [0.717, 1.165) is 11.5 Å². The molecule has 0 aromatic heterocycles. The van der Waals surface area contributed by atoms with Crippen molar-refractivity contribution in [1.29, 1.82) is 0 Å². The topological polar surface area (TPSA) is 60.4 Å². The number of carbonyl (C=O) groups is 1. The summed E-state index contributed by atoms with van der Waals surface area (Å²) in [7, 11) is 3.96. The second-order valence-corrected chi connectivity index (χ2v) is 8.85. The van der Waals surface area contributed by atoms with Crippen molar-refractivity contribution in [3.63, 3.8) is 0 Å². The Morgan fingerprint density at radius 3 is 2.79 bits per heavy atom. The molecular formula is C21H32FN5O2. The van der Waals surface area contributed by atoms with Crippen molar-refractivity contribution in [2.24, 2.45) is 4.99 Å². The molecule has 1 saturated heterocycles. The molecule has 2 aliphatic rings. The maximum absolute atomic E-state index is 13.6. The fourth-order valence-electron chi connectivity index (χ4n) is 3.72. The predicted molar refractivity (Wildman–Crippen MR) is 111 cm³/mol. The summed E-state index contributed by atoms with van der Waals surface area (Å²) in [5.74, 6) is 0.618. The molecule has 8 heteroatoms. The number of rotatable bonds is 4. The molecule has 1 N–H and O–H groups in total. The van der Waals surface area contributed by atoms with Crippen LogP contribution >= 0.6 is 0 Å². The van der Waals surface area contributed by atoms with Crippen LogP contribution < -0.4 is 5.32 Å². The highest BCUT2D eigenvalue weighted by molar-refractivity contribution is 5.82. The van der Waals surface area contributed by atoms with Gasteiger partial charge in [0.15, 0.2) is 5.96 Å². The molecule has 160 valence electrons. The van der Waals surface area contributed by atoms with Gasteiger partial charge >= 0.3 is 6.09 Å². The number of amides is 1. The SMILES string of the molecule is CN(C)C(CNC1=NCC2CN(C(=O)OC(C)(C)C)CCN12)c1cccc(F)c1. The van der Waals surface area contributed by atoms with Crippen LogP contribution in [0.1, 0.15) is 32.4 Å². The van der Waals surface area contributed by atoms with Crippen LogP contribution in [0, 0.1) is 5.82 Å². The number of halogens is 1. The summed E-state index contributed by atoms with van der Waals surface area (Å²) in [5.41, 5.74) is 0.429. The Morgan fingerprint density at radius 1 is 1.38 bits per heavy atom. The van der Waals surface area contributed by atoms with Gasteiger partial charge in [-0.05, 0) is 52.6 Å². The predicted octanol–water partition coefficient (Wildman–Crippen LogP) is 2.31. The number of nitrogens with zero attached hydrogens (tertiary/aromatic N) is 4. The summed E-state index contributed by atoms with van der Waals surface area (Å²) >= 11 is 0. The third-order valence-electron chi connectivity index (χ3n) is 5.17. The summed E-state index contributed by atoms with van der Waals surface area (Å²) in [6.07, 6.45) is -0.266. The Bertz CT molecular complexity index is 762. The van der Waals surface area contributed by atoms with Crippen LogP contribution in [-0.2, 0) is 4.74 Å². The van der Waals surface area contributed by atoms with E-state index in [4.69, 9.17) is 4.74 Å². The van der Waals surface area contributed by atoms with Crippen molar-refractivity contribution in [3.8, 4) is 0 Å². The van der Waals surface area contributed by atoms with E-state index in [0.29, 0.717) is 32.7 Å². The number of fused-ring (bicyclic) bond motifs is 1. The first-order valence-electron chi connectivity index (χ1n) is 10.1. The Labute approximate surface area is 172 Å². The molecule has 1 aromatic rings. The highest BCUT2D eigenvalue weighted by Crippen LogP contribution is 2.21. The molecule has 3 rings (SSSR count). The fraction of sp³-hybridized carbons (Fsp3) is 0.619. The molecule has 0 aliphatic carbocycles. The molecule has 2 heterocycles. The summed E-state index contributed by atoms with van der Waals surface area (Å²) < 4.78 is 19.1. The molecule has 0 bridgehead atoms. The lowest BCUT2D eigenvalue weighted by Gasteiger charge is -2.39. The van der Waals surface area contributed by atoms with Crippen molar-refractivity contribution in [1.82, 2.24) is 20.0 Å². The zero-order valence-electron chi connectivity index (χ0n) is 18.0. The zero-order chi connectivity index (χ0) is 21.2. The van der Waals surface area contributed by atoms with Gasteiger partial charge in [-0.3, -0.25) is 4.99 Å².